The second-order valence-corrected chi connectivity index (χ2v) is 3.73. The van der Waals surface area contributed by atoms with E-state index in [0.29, 0.717) is 5.69 Å². The molecule has 13 heavy (non-hydrogen) atoms. The summed E-state index contributed by atoms with van der Waals surface area (Å²) in [6, 6.07) is 3.52. The molecule has 0 bridgehead atoms. The van der Waals surface area contributed by atoms with E-state index in [1.807, 2.05) is 6.92 Å². The number of anilines is 1. The summed E-state index contributed by atoms with van der Waals surface area (Å²) >= 11 is 3.27. The van der Waals surface area contributed by atoms with Crippen LogP contribution in [0.4, 0.5) is 5.69 Å². The number of hydrogen-bond donors (Lipinski definition) is 2. The maximum atomic E-state index is 10.5. The van der Waals surface area contributed by atoms with Gasteiger partial charge >= 0.3 is 5.97 Å². The van der Waals surface area contributed by atoms with E-state index in [4.69, 9.17) is 10.8 Å². The lowest BCUT2D eigenvalue weighted by molar-refractivity contribution is -0.136. The van der Waals surface area contributed by atoms with E-state index in [9.17, 15) is 4.79 Å². The predicted octanol–water partition coefficient (Wildman–Crippen LogP) is 1.97. The second-order valence-electron chi connectivity index (χ2n) is 2.87. The van der Waals surface area contributed by atoms with Crippen LogP contribution in [0.3, 0.4) is 0 Å². The standard InChI is InChI=1S/C9H10BrNO2/c1-5-2-6(3-9(12)13)7(10)4-8(5)11/h2,4H,3,11H2,1H3,(H,12,13). The van der Waals surface area contributed by atoms with Crippen LogP contribution >= 0.6 is 15.9 Å². The third-order valence-corrected chi connectivity index (χ3v) is 2.51. The topological polar surface area (TPSA) is 63.3 Å². The van der Waals surface area contributed by atoms with Crippen molar-refractivity contribution in [1.29, 1.82) is 0 Å². The third kappa shape index (κ3) is 2.45. The second kappa shape index (κ2) is 3.79. The molecule has 0 fully saturated rings. The fourth-order valence-corrected chi connectivity index (χ4v) is 1.56. The molecule has 3 nitrogen and oxygen atoms in total. The molecule has 0 aliphatic heterocycles. The quantitative estimate of drug-likeness (QED) is 0.781. The molecule has 0 unspecified atom stereocenters. The first-order valence-electron chi connectivity index (χ1n) is 3.77. The SMILES string of the molecule is Cc1cc(CC(=O)O)c(Br)cc1N. The summed E-state index contributed by atoms with van der Waals surface area (Å²) < 4.78 is 0.748. The molecular weight excluding hydrogens is 234 g/mol. The highest BCUT2D eigenvalue weighted by Crippen LogP contribution is 2.23. The Bertz CT molecular complexity index is 350. The first-order chi connectivity index (χ1) is 6.00. The van der Waals surface area contributed by atoms with Gasteiger partial charge in [0.05, 0.1) is 6.42 Å². The molecule has 4 heteroatoms. The van der Waals surface area contributed by atoms with E-state index in [1.54, 1.807) is 12.1 Å². The monoisotopic (exact) mass is 243 g/mol. The maximum Gasteiger partial charge on any atom is 0.307 e. The van der Waals surface area contributed by atoms with Gasteiger partial charge in [-0.3, -0.25) is 4.79 Å². The highest BCUT2D eigenvalue weighted by Gasteiger charge is 2.06. The van der Waals surface area contributed by atoms with Crippen molar-refractivity contribution in [2.75, 3.05) is 5.73 Å². The van der Waals surface area contributed by atoms with Gasteiger partial charge in [-0.1, -0.05) is 22.0 Å². The van der Waals surface area contributed by atoms with Gasteiger partial charge in [0, 0.05) is 10.2 Å². The van der Waals surface area contributed by atoms with E-state index in [2.05, 4.69) is 15.9 Å². The fraction of sp³-hybridized carbons (Fsp3) is 0.222. The number of carboxylic acids is 1. The van der Waals surface area contributed by atoms with Crippen LogP contribution in [-0.2, 0) is 11.2 Å². The minimum Gasteiger partial charge on any atom is -0.481 e. The number of carbonyl (C=O) groups is 1. The van der Waals surface area contributed by atoms with E-state index in [-0.39, 0.29) is 6.42 Å². The van der Waals surface area contributed by atoms with Crippen molar-refractivity contribution < 1.29 is 9.90 Å². The molecule has 0 saturated carbocycles. The molecule has 0 saturated heterocycles. The van der Waals surface area contributed by atoms with E-state index in [0.717, 1.165) is 15.6 Å². The van der Waals surface area contributed by atoms with Gasteiger partial charge in [-0.15, -0.1) is 0 Å². The number of aryl methyl sites for hydroxylation is 1. The van der Waals surface area contributed by atoms with Crippen LogP contribution in [-0.4, -0.2) is 11.1 Å². The van der Waals surface area contributed by atoms with Gasteiger partial charge in [0.25, 0.3) is 0 Å². The van der Waals surface area contributed by atoms with Crippen LogP contribution in [0.25, 0.3) is 0 Å². The van der Waals surface area contributed by atoms with Crippen LogP contribution < -0.4 is 5.73 Å². The Morgan fingerprint density at radius 3 is 2.77 bits per heavy atom. The van der Waals surface area contributed by atoms with Crippen LogP contribution in [0.1, 0.15) is 11.1 Å². The molecule has 0 spiro atoms. The summed E-state index contributed by atoms with van der Waals surface area (Å²) in [4.78, 5) is 10.5. The molecule has 70 valence electrons. The first-order valence-corrected chi connectivity index (χ1v) is 4.56. The number of carboxylic acid groups (broad SMARTS) is 1. The smallest absolute Gasteiger partial charge is 0.307 e. The summed E-state index contributed by atoms with van der Waals surface area (Å²) in [6.07, 6.45) is 0.0156. The molecule has 1 aromatic carbocycles. The number of benzene rings is 1. The van der Waals surface area contributed by atoms with Gasteiger partial charge in [-0.05, 0) is 24.1 Å². The summed E-state index contributed by atoms with van der Waals surface area (Å²) in [6.45, 7) is 1.85. The Morgan fingerprint density at radius 1 is 1.62 bits per heavy atom. The average molecular weight is 244 g/mol. The Labute approximate surface area is 84.7 Å². The molecule has 0 radical (unpaired) electrons. The molecule has 1 rings (SSSR count). The Balaban J connectivity index is 3.08. The van der Waals surface area contributed by atoms with Crippen molar-refractivity contribution >= 4 is 27.6 Å². The summed E-state index contributed by atoms with van der Waals surface area (Å²) in [5.74, 6) is -0.843. The zero-order valence-electron chi connectivity index (χ0n) is 7.17. The van der Waals surface area contributed by atoms with Crippen molar-refractivity contribution in [3.05, 3.63) is 27.7 Å². The molecule has 3 N–H and O–H groups in total. The lowest BCUT2D eigenvalue weighted by Crippen LogP contribution is -2.02. The lowest BCUT2D eigenvalue weighted by atomic mass is 10.1. The number of hydrogen-bond acceptors (Lipinski definition) is 2. The molecular formula is C9H10BrNO2. The van der Waals surface area contributed by atoms with E-state index >= 15 is 0 Å². The summed E-state index contributed by atoms with van der Waals surface area (Å²) in [5, 5.41) is 8.60. The van der Waals surface area contributed by atoms with Crippen molar-refractivity contribution in [3.63, 3.8) is 0 Å². The zero-order chi connectivity index (χ0) is 10.0. The number of aliphatic carboxylic acids is 1. The minimum absolute atomic E-state index is 0.0156. The van der Waals surface area contributed by atoms with Crippen molar-refractivity contribution in [2.45, 2.75) is 13.3 Å². The Hall–Kier alpha value is -1.03. The zero-order valence-corrected chi connectivity index (χ0v) is 8.76. The van der Waals surface area contributed by atoms with Gasteiger partial charge < -0.3 is 10.8 Å². The van der Waals surface area contributed by atoms with Gasteiger partial charge in [0.15, 0.2) is 0 Å². The average Bonchev–Trinajstić information content (AvgIpc) is 1.99. The molecule has 0 atom stereocenters. The van der Waals surface area contributed by atoms with Crippen LogP contribution in [0, 0.1) is 6.92 Å². The molecule has 0 aliphatic carbocycles. The van der Waals surface area contributed by atoms with Crippen LogP contribution in [0.15, 0.2) is 16.6 Å². The van der Waals surface area contributed by atoms with Crippen molar-refractivity contribution in [2.24, 2.45) is 0 Å². The number of rotatable bonds is 2. The van der Waals surface area contributed by atoms with Gasteiger partial charge in [0.2, 0.25) is 0 Å². The largest absolute Gasteiger partial charge is 0.481 e. The fourth-order valence-electron chi connectivity index (χ4n) is 1.06. The molecule has 0 heterocycles. The summed E-state index contributed by atoms with van der Waals surface area (Å²) in [7, 11) is 0. The van der Waals surface area contributed by atoms with Gasteiger partial charge in [-0.25, -0.2) is 0 Å². The lowest BCUT2D eigenvalue weighted by Gasteiger charge is -2.05. The molecule has 0 aliphatic rings. The van der Waals surface area contributed by atoms with Crippen LogP contribution in [0.2, 0.25) is 0 Å². The van der Waals surface area contributed by atoms with Gasteiger partial charge in [-0.2, -0.15) is 0 Å². The predicted molar refractivity (Wildman–Crippen MR) is 54.6 cm³/mol. The van der Waals surface area contributed by atoms with E-state index < -0.39 is 5.97 Å². The first kappa shape index (κ1) is 10.1. The van der Waals surface area contributed by atoms with Crippen molar-refractivity contribution in [1.82, 2.24) is 0 Å². The highest BCUT2D eigenvalue weighted by molar-refractivity contribution is 9.10. The van der Waals surface area contributed by atoms with E-state index in [1.165, 1.54) is 0 Å². The Kier molecular flexibility index (Phi) is 2.93. The molecule has 0 aromatic heterocycles. The normalized spacial score (nSPS) is 10.0. The maximum absolute atomic E-state index is 10.5. The molecule has 0 amide bonds. The number of halogens is 1. The van der Waals surface area contributed by atoms with Crippen LogP contribution in [0.5, 0.6) is 0 Å². The minimum atomic E-state index is -0.843. The third-order valence-electron chi connectivity index (χ3n) is 1.78. The number of nitrogens with two attached hydrogens (primary N) is 1. The summed E-state index contributed by atoms with van der Waals surface area (Å²) in [5.41, 5.74) is 7.96. The van der Waals surface area contributed by atoms with Gasteiger partial charge in [0.1, 0.15) is 0 Å². The molecule has 1 aromatic rings. The Morgan fingerprint density at radius 2 is 2.23 bits per heavy atom. The van der Waals surface area contributed by atoms with Crippen molar-refractivity contribution in [3.8, 4) is 0 Å². The number of nitrogen functional groups attached to an aromatic ring is 1. The highest BCUT2D eigenvalue weighted by atomic mass is 79.9.